The van der Waals surface area contributed by atoms with Gasteiger partial charge in [-0.25, -0.2) is 10.9 Å². The molecular weight excluding hydrogens is 282 g/mol. The van der Waals surface area contributed by atoms with E-state index in [1.54, 1.807) is 31.6 Å². The molecule has 0 bridgehead atoms. The Labute approximate surface area is 128 Å². The molecule has 1 aromatic heterocycles. The Balaban J connectivity index is 1.73. The first-order valence-electron chi connectivity index (χ1n) is 6.89. The molecule has 1 aliphatic heterocycles. The number of rotatable bonds is 4. The van der Waals surface area contributed by atoms with Gasteiger partial charge in [-0.05, 0) is 29.8 Å². The topological polar surface area (TPSA) is 87.3 Å². The molecule has 1 aliphatic rings. The first kappa shape index (κ1) is 14.5. The standard InChI is InChI=1S/C15H17N5O2/c1-22-12-6-4-10(5-7-12)13-14(19-20-18-13)15(21)17-11-3-2-8-16-9-11/h2-9,13-14,18-20H,1H3,(H,17,21). The van der Waals surface area contributed by atoms with Crippen molar-refractivity contribution in [3.63, 3.8) is 0 Å². The number of aromatic nitrogens is 1. The molecule has 2 atom stereocenters. The average molecular weight is 299 g/mol. The summed E-state index contributed by atoms with van der Waals surface area (Å²) in [7, 11) is 1.62. The van der Waals surface area contributed by atoms with E-state index in [4.69, 9.17) is 4.74 Å². The zero-order valence-electron chi connectivity index (χ0n) is 12.0. The smallest absolute Gasteiger partial charge is 0.244 e. The van der Waals surface area contributed by atoms with Gasteiger partial charge in [-0.2, -0.15) is 5.53 Å². The maximum Gasteiger partial charge on any atom is 0.244 e. The predicted molar refractivity (Wildman–Crippen MR) is 81.8 cm³/mol. The summed E-state index contributed by atoms with van der Waals surface area (Å²) in [6.45, 7) is 0. The van der Waals surface area contributed by atoms with Crippen molar-refractivity contribution in [2.75, 3.05) is 12.4 Å². The van der Waals surface area contributed by atoms with E-state index in [0.717, 1.165) is 11.3 Å². The van der Waals surface area contributed by atoms with E-state index < -0.39 is 6.04 Å². The number of ether oxygens (including phenoxy) is 1. The SMILES string of the molecule is COc1ccc(C2NNNC2C(=O)Nc2cccnc2)cc1. The van der Waals surface area contributed by atoms with E-state index in [0.29, 0.717) is 5.69 Å². The normalized spacial score (nSPS) is 20.6. The van der Waals surface area contributed by atoms with Crippen LogP contribution in [0.1, 0.15) is 11.6 Å². The van der Waals surface area contributed by atoms with Crippen LogP contribution in [0.25, 0.3) is 0 Å². The highest BCUT2D eigenvalue weighted by atomic mass is 16.5. The largest absolute Gasteiger partial charge is 0.497 e. The molecule has 0 spiro atoms. The van der Waals surface area contributed by atoms with Crippen LogP contribution in [0.5, 0.6) is 5.75 Å². The molecule has 2 aromatic rings. The Bertz CT molecular complexity index is 632. The van der Waals surface area contributed by atoms with Crippen molar-refractivity contribution in [3.05, 3.63) is 54.4 Å². The zero-order chi connectivity index (χ0) is 15.4. The molecule has 1 amide bonds. The lowest BCUT2D eigenvalue weighted by molar-refractivity contribution is -0.118. The van der Waals surface area contributed by atoms with Crippen LogP contribution in [0.3, 0.4) is 0 Å². The lowest BCUT2D eigenvalue weighted by Gasteiger charge is -2.18. The quantitative estimate of drug-likeness (QED) is 0.666. The van der Waals surface area contributed by atoms with Gasteiger partial charge in [-0.3, -0.25) is 9.78 Å². The monoisotopic (exact) mass is 299 g/mol. The first-order chi connectivity index (χ1) is 10.8. The minimum absolute atomic E-state index is 0.147. The second-order valence-electron chi connectivity index (χ2n) is 4.87. The van der Waals surface area contributed by atoms with Gasteiger partial charge >= 0.3 is 0 Å². The Hall–Kier alpha value is -2.48. The second-order valence-corrected chi connectivity index (χ2v) is 4.87. The van der Waals surface area contributed by atoms with Crippen LogP contribution >= 0.6 is 0 Å². The van der Waals surface area contributed by atoms with E-state index >= 15 is 0 Å². The number of hydrazine groups is 2. The number of hydrogen-bond donors (Lipinski definition) is 4. The van der Waals surface area contributed by atoms with E-state index in [9.17, 15) is 4.79 Å². The van der Waals surface area contributed by atoms with Gasteiger partial charge in [0, 0.05) is 6.20 Å². The molecule has 2 unspecified atom stereocenters. The molecule has 0 saturated carbocycles. The maximum atomic E-state index is 12.4. The molecule has 1 fully saturated rings. The second kappa shape index (κ2) is 6.52. The summed E-state index contributed by atoms with van der Waals surface area (Å²) >= 11 is 0. The third-order valence-corrected chi connectivity index (χ3v) is 3.48. The van der Waals surface area contributed by atoms with Crippen LogP contribution in [0.4, 0.5) is 5.69 Å². The number of hydrogen-bond acceptors (Lipinski definition) is 6. The molecule has 7 nitrogen and oxygen atoms in total. The fourth-order valence-electron chi connectivity index (χ4n) is 2.32. The number of nitrogens with zero attached hydrogens (tertiary/aromatic N) is 1. The van der Waals surface area contributed by atoms with Crippen LogP contribution in [-0.2, 0) is 4.79 Å². The van der Waals surface area contributed by atoms with Gasteiger partial charge in [0.05, 0.1) is 25.0 Å². The summed E-state index contributed by atoms with van der Waals surface area (Å²) in [5, 5.41) is 2.84. The third kappa shape index (κ3) is 3.06. The van der Waals surface area contributed by atoms with E-state index in [-0.39, 0.29) is 11.9 Å². The lowest BCUT2D eigenvalue weighted by Crippen LogP contribution is -2.41. The maximum absolute atomic E-state index is 12.4. The van der Waals surface area contributed by atoms with Gasteiger partial charge in [0.1, 0.15) is 11.8 Å². The van der Waals surface area contributed by atoms with E-state index in [1.165, 1.54) is 0 Å². The first-order valence-corrected chi connectivity index (χ1v) is 6.89. The summed E-state index contributed by atoms with van der Waals surface area (Å²) in [5.41, 5.74) is 10.4. The number of methoxy groups -OCH3 is 1. The van der Waals surface area contributed by atoms with Crippen molar-refractivity contribution in [2.24, 2.45) is 0 Å². The summed E-state index contributed by atoms with van der Waals surface area (Å²) in [5.74, 6) is 0.630. The van der Waals surface area contributed by atoms with Gasteiger partial charge in [-0.1, -0.05) is 12.1 Å². The van der Waals surface area contributed by atoms with Gasteiger partial charge in [-0.15, -0.1) is 0 Å². The van der Waals surface area contributed by atoms with Gasteiger partial charge in [0.2, 0.25) is 5.91 Å². The summed E-state index contributed by atoms with van der Waals surface area (Å²) in [6, 6.07) is 10.5. The fraction of sp³-hybridized carbons (Fsp3) is 0.200. The molecule has 4 N–H and O–H groups in total. The Morgan fingerprint density at radius 2 is 2.05 bits per heavy atom. The number of carbonyl (C=O) groups excluding carboxylic acids is 1. The zero-order valence-corrected chi connectivity index (χ0v) is 12.0. The van der Waals surface area contributed by atoms with Gasteiger partial charge in [0.15, 0.2) is 0 Å². The molecule has 2 heterocycles. The van der Waals surface area contributed by atoms with Gasteiger partial charge < -0.3 is 10.1 Å². The van der Waals surface area contributed by atoms with Crippen molar-refractivity contribution in [2.45, 2.75) is 12.1 Å². The van der Waals surface area contributed by atoms with Crippen molar-refractivity contribution < 1.29 is 9.53 Å². The summed E-state index contributed by atoms with van der Waals surface area (Å²) in [6.07, 6.45) is 3.27. The van der Waals surface area contributed by atoms with Crippen molar-refractivity contribution >= 4 is 11.6 Å². The summed E-state index contributed by atoms with van der Waals surface area (Å²) < 4.78 is 5.15. The molecule has 1 saturated heterocycles. The molecule has 114 valence electrons. The van der Waals surface area contributed by atoms with E-state index in [1.807, 2.05) is 24.3 Å². The van der Waals surface area contributed by atoms with Crippen molar-refractivity contribution in [3.8, 4) is 5.75 Å². The van der Waals surface area contributed by atoms with E-state index in [2.05, 4.69) is 26.7 Å². The van der Waals surface area contributed by atoms with Crippen LogP contribution < -0.4 is 26.4 Å². The number of benzene rings is 1. The van der Waals surface area contributed by atoms with Crippen molar-refractivity contribution in [1.82, 2.24) is 21.4 Å². The van der Waals surface area contributed by atoms with Crippen LogP contribution in [-0.4, -0.2) is 24.0 Å². The molecule has 22 heavy (non-hydrogen) atoms. The number of anilines is 1. The lowest BCUT2D eigenvalue weighted by atomic mass is 10.00. The van der Waals surface area contributed by atoms with Crippen LogP contribution in [0.2, 0.25) is 0 Å². The fourth-order valence-corrected chi connectivity index (χ4v) is 2.32. The third-order valence-electron chi connectivity index (χ3n) is 3.48. The molecule has 0 radical (unpaired) electrons. The Morgan fingerprint density at radius 1 is 1.23 bits per heavy atom. The van der Waals surface area contributed by atoms with Crippen LogP contribution in [0, 0.1) is 0 Å². The Kier molecular flexibility index (Phi) is 4.29. The number of pyridine rings is 1. The highest BCUT2D eigenvalue weighted by molar-refractivity contribution is 5.95. The molecule has 0 aliphatic carbocycles. The minimum Gasteiger partial charge on any atom is -0.497 e. The minimum atomic E-state index is -0.450. The predicted octanol–water partition coefficient (Wildman–Crippen LogP) is 0.751. The highest BCUT2D eigenvalue weighted by Gasteiger charge is 2.33. The highest BCUT2D eigenvalue weighted by Crippen LogP contribution is 2.22. The number of carbonyl (C=O) groups is 1. The molecular formula is C15H17N5O2. The van der Waals surface area contributed by atoms with Crippen LogP contribution in [0.15, 0.2) is 48.8 Å². The molecule has 3 rings (SSSR count). The Morgan fingerprint density at radius 3 is 2.73 bits per heavy atom. The van der Waals surface area contributed by atoms with Crippen molar-refractivity contribution in [1.29, 1.82) is 0 Å². The number of nitrogens with one attached hydrogen (secondary N) is 4. The van der Waals surface area contributed by atoms with Gasteiger partial charge in [0.25, 0.3) is 0 Å². The number of amides is 1. The molecule has 7 heteroatoms. The average Bonchev–Trinajstić information content (AvgIpc) is 3.05. The summed E-state index contributed by atoms with van der Waals surface area (Å²) in [4.78, 5) is 16.4. The molecule has 1 aromatic carbocycles.